The van der Waals surface area contributed by atoms with Gasteiger partial charge in [-0.1, -0.05) is 71.1 Å². The summed E-state index contributed by atoms with van der Waals surface area (Å²) >= 11 is 0. The summed E-state index contributed by atoms with van der Waals surface area (Å²) in [7, 11) is 0. The number of aliphatic carboxylic acids is 1. The Labute approximate surface area is 165 Å². The van der Waals surface area contributed by atoms with E-state index in [2.05, 4.69) is 6.92 Å². The number of carbonyl (C=O) groups excluding carboxylic acids is 1. The lowest BCUT2D eigenvalue weighted by Crippen LogP contribution is -2.51. The number of amides is 1. The third-order valence-corrected chi connectivity index (χ3v) is 5.34. The fourth-order valence-corrected chi connectivity index (χ4v) is 3.82. The molecule has 0 aromatic rings. The minimum Gasteiger partial charge on any atom is -0.480 e. The van der Waals surface area contributed by atoms with E-state index in [1.807, 2.05) is 0 Å². The maximum absolute atomic E-state index is 12.3. The minimum atomic E-state index is -0.919. The molecule has 0 aliphatic carbocycles. The summed E-state index contributed by atoms with van der Waals surface area (Å²) in [6.45, 7) is 8.13. The quantitative estimate of drug-likeness (QED) is 0.444. The van der Waals surface area contributed by atoms with Gasteiger partial charge in [-0.05, 0) is 39.5 Å². The molecule has 2 atom stereocenters. The zero-order valence-corrected chi connectivity index (χ0v) is 18.0. The molecular formula is C22H41NO4. The number of piperidine rings is 1. The number of carboxylic acids is 1. The van der Waals surface area contributed by atoms with Gasteiger partial charge in [0.2, 0.25) is 0 Å². The van der Waals surface area contributed by atoms with Crippen LogP contribution in [0.2, 0.25) is 0 Å². The Bertz CT molecular complexity index is 444. The summed E-state index contributed by atoms with van der Waals surface area (Å²) in [5, 5.41) is 9.55. The summed E-state index contributed by atoms with van der Waals surface area (Å²) < 4.78 is 5.38. The lowest BCUT2D eigenvalue weighted by molar-refractivity contribution is -0.145. The van der Waals surface area contributed by atoms with Crippen molar-refractivity contribution in [1.29, 1.82) is 0 Å². The van der Waals surface area contributed by atoms with E-state index < -0.39 is 23.7 Å². The lowest BCUT2D eigenvalue weighted by Gasteiger charge is -2.37. The van der Waals surface area contributed by atoms with Crippen molar-refractivity contribution in [2.75, 3.05) is 6.54 Å². The van der Waals surface area contributed by atoms with Crippen molar-refractivity contribution in [3.63, 3.8) is 0 Å². The number of hydrogen-bond donors (Lipinski definition) is 1. The Balaban J connectivity index is 2.28. The fourth-order valence-electron chi connectivity index (χ4n) is 3.82. The molecule has 0 aromatic heterocycles. The average Bonchev–Trinajstić information content (AvgIpc) is 2.58. The van der Waals surface area contributed by atoms with Gasteiger partial charge < -0.3 is 9.84 Å². The van der Waals surface area contributed by atoms with Crippen LogP contribution in [0.25, 0.3) is 0 Å². The summed E-state index contributed by atoms with van der Waals surface area (Å²) in [6.07, 6.45) is 13.7. The molecule has 1 saturated heterocycles. The Hall–Kier alpha value is -1.26. The van der Waals surface area contributed by atoms with Crippen molar-refractivity contribution in [2.24, 2.45) is 5.92 Å². The monoisotopic (exact) mass is 383 g/mol. The van der Waals surface area contributed by atoms with Gasteiger partial charge in [0.1, 0.15) is 11.6 Å². The van der Waals surface area contributed by atoms with E-state index in [-0.39, 0.29) is 0 Å². The Morgan fingerprint density at radius 3 is 2.07 bits per heavy atom. The molecule has 0 radical (unpaired) electrons. The second-order valence-corrected chi connectivity index (χ2v) is 9.04. The van der Waals surface area contributed by atoms with E-state index in [0.717, 1.165) is 12.8 Å². The predicted octanol–water partition coefficient (Wildman–Crippen LogP) is 6.01. The first-order valence-electron chi connectivity index (χ1n) is 11.0. The third kappa shape index (κ3) is 10.0. The minimum absolute atomic E-state index is 0.398. The average molecular weight is 384 g/mol. The van der Waals surface area contributed by atoms with Gasteiger partial charge in [-0.15, -0.1) is 0 Å². The van der Waals surface area contributed by atoms with Crippen molar-refractivity contribution in [1.82, 2.24) is 4.90 Å². The van der Waals surface area contributed by atoms with Crippen LogP contribution in [0.1, 0.15) is 105 Å². The molecule has 0 aromatic carbocycles. The normalized spacial score (nSPS) is 20.5. The molecule has 1 fully saturated rings. The fraction of sp³-hybridized carbons (Fsp3) is 0.909. The molecule has 1 rings (SSSR count). The van der Waals surface area contributed by atoms with Crippen LogP contribution in [0.5, 0.6) is 0 Å². The third-order valence-electron chi connectivity index (χ3n) is 5.34. The van der Waals surface area contributed by atoms with Crippen LogP contribution in [0.4, 0.5) is 4.79 Å². The number of ether oxygens (including phenoxy) is 1. The van der Waals surface area contributed by atoms with Crippen molar-refractivity contribution in [3.05, 3.63) is 0 Å². The molecule has 0 spiro atoms. The molecule has 1 N–H and O–H groups in total. The van der Waals surface area contributed by atoms with Crippen molar-refractivity contribution >= 4 is 12.1 Å². The number of unbranched alkanes of at least 4 members (excludes halogenated alkanes) is 8. The van der Waals surface area contributed by atoms with E-state index in [9.17, 15) is 14.7 Å². The zero-order chi connectivity index (χ0) is 20.3. The highest BCUT2D eigenvalue weighted by Gasteiger charge is 2.37. The number of rotatable bonds is 11. The van der Waals surface area contributed by atoms with E-state index in [4.69, 9.17) is 4.74 Å². The first-order valence-corrected chi connectivity index (χ1v) is 11.0. The summed E-state index contributed by atoms with van der Waals surface area (Å²) in [5.41, 5.74) is -0.604. The van der Waals surface area contributed by atoms with Gasteiger partial charge in [0.05, 0.1) is 0 Å². The summed E-state index contributed by atoms with van der Waals surface area (Å²) in [4.78, 5) is 25.4. The SMILES string of the molecule is CCCCCCCCCCCC1CCN(C(=O)OC(C)(C)C)C(C(=O)O)C1. The van der Waals surface area contributed by atoms with Crippen LogP contribution < -0.4 is 0 Å². The van der Waals surface area contributed by atoms with Crippen molar-refractivity contribution in [2.45, 2.75) is 116 Å². The number of carbonyl (C=O) groups is 2. The zero-order valence-electron chi connectivity index (χ0n) is 18.0. The van der Waals surface area contributed by atoms with Gasteiger partial charge in [-0.3, -0.25) is 4.90 Å². The number of likely N-dealkylation sites (tertiary alicyclic amines) is 1. The van der Waals surface area contributed by atoms with E-state index in [1.165, 1.54) is 62.7 Å². The second kappa shape index (κ2) is 12.2. The van der Waals surface area contributed by atoms with E-state index >= 15 is 0 Å². The molecule has 5 heteroatoms. The molecule has 2 unspecified atom stereocenters. The topological polar surface area (TPSA) is 66.8 Å². The van der Waals surface area contributed by atoms with E-state index in [0.29, 0.717) is 18.9 Å². The smallest absolute Gasteiger partial charge is 0.411 e. The van der Waals surface area contributed by atoms with Crippen molar-refractivity contribution < 1.29 is 19.4 Å². The molecule has 0 saturated carbocycles. The predicted molar refractivity (Wildman–Crippen MR) is 109 cm³/mol. The highest BCUT2D eigenvalue weighted by atomic mass is 16.6. The van der Waals surface area contributed by atoms with Gasteiger partial charge in [0.25, 0.3) is 0 Å². The van der Waals surface area contributed by atoms with Gasteiger partial charge in [-0.2, -0.15) is 0 Å². The summed E-state index contributed by atoms with van der Waals surface area (Å²) in [5.74, 6) is -0.521. The van der Waals surface area contributed by atoms with E-state index in [1.54, 1.807) is 20.8 Å². The van der Waals surface area contributed by atoms with Gasteiger partial charge in [0, 0.05) is 6.54 Å². The number of nitrogens with zero attached hydrogens (tertiary/aromatic N) is 1. The summed E-state index contributed by atoms with van der Waals surface area (Å²) in [6, 6.07) is -0.753. The van der Waals surface area contributed by atoms with Crippen LogP contribution in [-0.4, -0.2) is 40.3 Å². The number of carboxylic acid groups (broad SMARTS) is 1. The Kier molecular flexibility index (Phi) is 10.8. The highest BCUT2D eigenvalue weighted by molar-refractivity contribution is 5.80. The molecule has 1 heterocycles. The van der Waals surface area contributed by atoms with Crippen molar-refractivity contribution in [3.8, 4) is 0 Å². The molecule has 1 aliphatic heterocycles. The Morgan fingerprint density at radius 1 is 1.00 bits per heavy atom. The molecule has 158 valence electrons. The molecular weight excluding hydrogens is 342 g/mol. The maximum Gasteiger partial charge on any atom is 0.411 e. The first kappa shape index (κ1) is 23.8. The van der Waals surface area contributed by atoms with Crippen LogP contribution in [0.15, 0.2) is 0 Å². The largest absolute Gasteiger partial charge is 0.480 e. The van der Waals surface area contributed by atoms with Gasteiger partial charge in [0.15, 0.2) is 0 Å². The molecule has 5 nitrogen and oxygen atoms in total. The van der Waals surface area contributed by atoms with Gasteiger partial charge >= 0.3 is 12.1 Å². The standard InChI is InChI=1S/C22H41NO4/c1-5-6-7-8-9-10-11-12-13-14-18-15-16-23(19(17-18)20(24)25)21(26)27-22(2,3)4/h18-19H,5-17H2,1-4H3,(H,24,25). The molecule has 27 heavy (non-hydrogen) atoms. The van der Waals surface area contributed by atoms with Crippen LogP contribution in [0.3, 0.4) is 0 Å². The maximum atomic E-state index is 12.3. The lowest BCUT2D eigenvalue weighted by atomic mass is 9.87. The van der Waals surface area contributed by atoms with Gasteiger partial charge in [-0.25, -0.2) is 9.59 Å². The van der Waals surface area contributed by atoms with Crippen LogP contribution in [-0.2, 0) is 9.53 Å². The number of hydrogen-bond acceptors (Lipinski definition) is 3. The highest BCUT2D eigenvalue weighted by Crippen LogP contribution is 2.29. The van der Waals surface area contributed by atoms with Crippen LogP contribution >= 0.6 is 0 Å². The molecule has 0 bridgehead atoms. The Morgan fingerprint density at radius 2 is 1.56 bits per heavy atom. The van der Waals surface area contributed by atoms with Crippen LogP contribution in [0, 0.1) is 5.92 Å². The first-order chi connectivity index (χ1) is 12.7. The second-order valence-electron chi connectivity index (χ2n) is 9.04. The molecule has 1 aliphatic rings. The molecule has 1 amide bonds.